The van der Waals surface area contributed by atoms with E-state index in [1.54, 1.807) is 10.4 Å². The van der Waals surface area contributed by atoms with E-state index in [0.29, 0.717) is 50.3 Å². The van der Waals surface area contributed by atoms with E-state index in [1.807, 2.05) is 12.1 Å². The van der Waals surface area contributed by atoms with E-state index in [2.05, 4.69) is 10.2 Å². The van der Waals surface area contributed by atoms with Crippen molar-refractivity contribution in [2.45, 2.75) is 29.8 Å². The topological polar surface area (TPSA) is 104 Å². The van der Waals surface area contributed by atoms with Crippen LogP contribution in [-0.2, 0) is 9.53 Å². The predicted octanol–water partition coefficient (Wildman–Crippen LogP) is 3.82. The number of nitrogens with two attached hydrogens (primary N) is 1. The Morgan fingerprint density at radius 2 is 2.03 bits per heavy atom. The van der Waals surface area contributed by atoms with Crippen LogP contribution in [0.25, 0.3) is 0 Å². The number of carbonyl (C=O) groups excluding carboxylic acids is 1. The molecule has 0 radical (unpaired) electrons. The Morgan fingerprint density at radius 1 is 1.23 bits per heavy atom. The zero-order chi connectivity index (χ0) is 24.7. The number of hydrogen-bond acceptors (Lipinski definition) is 8. The van der Waals surface area contributed by atoms with Gasteiger partial charge in [-0.2, -0.15) is 4.39 Å². The van der Waals surface area contributed by atoms with E-state index >= 15 is 0 Å². The van der Waals surface area contributed by atoms with Gasteiger partial charge in [-0.3, -0.25) is 10.2 Å². The molecule has 1 amide bonds. The number of halogens is 3. The first-order chi connectivity index (χ1) is 16.8. The molecule has 0 spiro atoms. The number of benzene rings is 2. The van der Waals surface area contributed by atoms with Crippen molar-refractivity contribution in [1.82, 2.24) is 4.31 Å². The number of ether oxygens (including phenoxy) is 2. The summed E-state index contributed by atoms with van der Waals surface area (Å²) in [5.74, 6) is -0.952. The number of carbonyl (C=O) groups is 1. The number of nitrogen functional groups attached to an aromatic ring is 1. The summed E-state index contributed by atoms with van der Waals surface area (Å²) in [5.41, 5.74) is 6.57. The molecule has 1 atom stereocenters. The van der Waals surface area contributed by atoms with Crippen molar-refractivity contribution in [1.29, 1.82) is 5.41 Å². The number of nitrogens with one attached hydrogen (secondary N) is 2. The third-order valence-electron chi connectivity index (χ3n) is 6.33. The Bertz CT molecular complexity index is 1160. The van der Waals surface area contributed by atoms with Gasteiger partial charge in [0.2, 0.25) is 11.9 Å². The van der Waals surface area contributed by atoms with Crippen LogP contribution in [0, 0.1) is 5.41 Å². The quantitative estimate of drug-likeness (QED) is 0.297. The average molecular weight is 508 g/mol. The molecule has 4 N–H and O–H groups in total. The fourth-order valence-electron chi connectivity index (χ4n) is 4.22. The molecule has 3 aliphatic rings. The monoisotopic (exact) mass is 507 g/mol. The van der Waals surface area contributed by atoms with Crippen LogP contribution in [0.3, 0.4) is 0 Å². The number of fused-ring (bicyclic) bond motifs is 1. The summed E-state index contributed by atoms with van der Waals surface area (Å²) in [4.78, 5) is 15.4. The summed E-state index contributed by atoms with van der Waals surface area (Å²) in [6, 6.07) is 7.38. The van der Waals surface area contributed by atoms with Crippen molar-refractivity contribution in [2.24, 2.45) is 0 Å². The lowest BCUT2D eigenvalue weighted by Crippen LogP contribution is -2.52. The molecule has 12 heteroatoms. The van der Waals surface area contributed by atoms with Gasteiger partial charge >= 0.3 is 0 Å². The van der Waals surface area contributed by atoms with Gasteiger partial charge in [0.15, 0.2) is 0 Å². The molecule has 0 saturated carbocycles. The Balaban J connectivity index is 1.28. The normalized spacial score (nSPS) is 20.0. The second kappa shape index (κ2) is 9.59. The first-order valence-corrected chi connectivity index (χ1v) is 11.9. The van der Waals surface area contributed by atoms with Gasteiger partial charge in [0.1, 0.15) is 18.4 Å². The molecule has 3 heterocycles. The van der Waals surface area contributed by atoms with Crippen molar-refractivity contribution in [2.75, 3.05) is 48.9 Å². The fraction of sp³-hybridized carbons (Fsp3) is 0.391. The number of nitrogens with zero attached hydrogens (tertiary/aromatic N) is 2. The lowest BCUT2D eigenvalue weighted by molar-refractivity contribution is -0.122. The Morgan fingerprint density at radius 3 is 2.66 bits per heavy atom. The van der Waals surface area contributed by atoms with Crippen LogP contribution in [-0.4, -0.2) is 61.2 Å². The van der Waals surface area contributed by atoms with Crippen LogP contribution >= 0.6 is 11.9 Å². The summed E-state index contributed by atoms with van der Waals surface area (Å²) in [6.45, 7) is 3.22. The van der Waals surface area contributed by atoms with Gasteiger partial charge in [-0.25, -0.2) is 13.1 Å². The smallest absolute Gasteiger partial charge is 0.263 e. The van der Waals surface area contributed by atoms with E-state index in [9.17, 15) is 18.0 Å². The van der Waals surface area contributed by atoms with Gasteiger partial charge in [-0.1, -0.05) is 0 Å². The minimum Gasteiger partial charge on any atom is -0.489 e. The Hall–Kier alpha value is -2.96. The highest BCUT2D eigenvalue weighted by atomic mass is 32.2. The van der Waals surface area contributed by atoms with E-state index in [1.165, 1.54) is 6.07 Å². The molecule has 1 unspecified atom stereocenters. The Kier molecular flexibility index (Phi) is 6.51. The van der Waals surface area contributed by atoms with Crippen LogP contribution in [0.2, 0.25) is 0 Å². The molecule has 0 aromatic heterocycles. The summed E-state index contributed by atoms with van der Waals surface area (Å²) in [6.07, 6.45) is -2.28. The van der Waals surface area contributed by atoms with Crippen molar-refractivity contribution in [3.63, 3.8) is 0 Å². The van der Waals surface area contributed by atoms with Crippen molar-refractivity contribution in [3.8, 4) is 5.75 Å². The largest absolute Gasteiger partial charge is 0.489 e. The molecule has 5 rings (SSSR count). The van der Waals surface area contributed by atoms with Gasteiger partial charge in [0, 0.05) is 28.8 Å². The van der Waals surface area contributed by atoms with Crippen LogP contribution in [0.5, 0.6) is 5.75 Å². The molecule has 2 aromatic carbocycles. The number of rotatable bonds is 7. The summed E-state index contributed by atoms with van der Waals surface area (Å²) in [5, 5.41) is 10.1. The van der Waals surface area contributed by atoms with Gasteiger partial charge in [-0.05, 0) is 42.6 Å². The summed E-state index contributed by atoms with van der Waals surface area (Å²) < 4.78 is 52.9. The molecular formula is C23H24F3N5O3S. The number of anilines is 3. The standard InChI is InChI=1S/C23H24F3N5O3S/c24-21(25)12-7-15(22(26)28)20(27)19(8-12)35-31-4-3-17(31)23(32)29-13-1-2-16-18(9-13)34-6-5-30(16)14-10-33-11-14/h1-2,7-9,14,17,21,28H,3-6,10-11,27H2,(H,29,32). The van der Waals surface area contributed by atoms with Crippen LogP contribution in [0.15, 0.2) is 35.2 Å². The molecule has 35 heavy (non-hydrogen) atoms. The zero-order valence-electron chi connectivity index (χ0n) is 18.6. The van der Waals surface area contributed by atoms with Crippen molar-refractivity contribution in [3.05, 3.63) is 41.5 Å². The maximum absolute atomic E-state index is 13.6. The second-order valence-electron chi connectivity index (χ2n) is 8.54. The van der Waals surface area contributed by atoms with Crippen molar-refractivity contribution < 1.29 is 27.4 Å². The minimum absolute atomic E-state index is 0.105. The fourth-order valence-corrected chi connectivity index (χ4v) is 5.39. The first kappa shape index (κ1) is 23.8. The third-order valence-corrected chi connectivity index (χ3v) is 7.54. The highest BCUT2D eigenvalue weighted by molar-refractivity contribution is 7.97. The van der Waals surface area contributed by atoms with E-state index < -0.39 is 24.0 Å². The highest BCUT2D eigenvalue weighted by Crippen LogP contribution is 2.40. The van der Waals surface area contributed by atoms with Gasteiger partial charge in [0.25, 0.3) is 6.43 Å². The van der Waals surface area contributed by atoms with E-state index in [4.69, 9.17) is 20.6 Å². The molecule has 0 aliphatic carbocycles. The molecule has 8 nitrogen and oxygen atoms in total. The Labute approximate surface area is 204 Å². The minimum atomic E-state index is -2.84. The highest BCUT2D eigenvalue weighted by Gasteiger charge is 2.36. The molecule has 0 bridgehead atoms. The van der Waals surface area contributed by atoms with Gasteiger partial charge in [0.05, 0.1) is 42.7 Å². The number of amides is 1. The molecular weight excluding hydrogens is 483 g/mol. The predicted molar refractivity (Wildman–Crippen MR) is 127 cm³/mol. The maximum atomic E-state index is 13.6. The van der Waals surface area contributed by atoms with E-state index in [-0.39, 0.29) is 22.1 Å². The molecule has 2 fully saturated rings. The third kappa shape index (κ3) is 4.65. The van der Waals surface area contributed by atoms with Crippen LogP contribution in [0.4, 0.5) is 30.2 Å². The summed E-state index contributed by atoms with van der Waals surface area (Å²) in [7, 11) is 0. The van der Waals surface area contributed by atoms with Crippen LogP contribution < -0.4 is 20.7 Å². The van der Waals surface area contributed by atoms with Gasteiger partial charge in [-0.15, -0.1) is 0 Å². The van der Waals surface area contributed by atoms with Crippen molar-refractivity contribution >= 4 is 40.9 Å². The summed E-state index contributed by atoms with van der Waals surface area (Å²) >= 11 is 1.01. The molecule has 3 aliphatic heterocycles. The SMILES string of the molecule is N=C(F)c1cc(C(F)F)cc(SN2CCC2C(=O)Nc2ccc3c(c2)OCCN3C2COC2)c1N. The average Bonchev–Trinajstić information content (AvgIpc) is 2.76. The molecule has 2 aromatic rings. The number of hydrogen-bond donors (Lipinski definition) is 3. The zero-order valence-corrected chi connectivity index (χ0v) is 19.4. The maximum Gasteiger partial charge on any atom is 0.263 e. The lowest BCUT2D eigenvalue weighted by Gasteiger charge is -2.41. The van der Waals surface area contributed by atoms with Crippen LogP contribution in [0.1, 0.15) is 24.0 Å². The molecule has 2 saturated heterocycles. The van der Waals surface area contributed by atoms with Gasteiger partial charge < -0.3 is 25.4 Å². The lowest BCUT2D eigenvalue weighted by atomic mass is 10.1. The second-order valence-corrected chi connectivity index (χ2v) is 9.63. The molecule has 186 valence electrons. The first-order valence-electron chi connectivity index (χ1n) is 11.1. The van der Waals surface area contributed by atoms with E-state index in [0.717, 1.165) is 30.2 Å². The number of alkyl halides is 2.